The van der Waals surface area contributed by atoms with Crippen LogP contribution in [0, 0.1) is 19.7 Å². The van der Waals surface area contributed by atoms with Crippen LogP contribution in [0.3, 0.4) is 0 Å². The molecule has 0 aliphatic heterocycles. The van der Waals surface area contributed by atoms with Crippen LogP contribution in [-0.2, 0) is 6.18 Å². The van der Waals surface area contributed by atoms with E-state index in [0.717, 1.165) is 19.1 Å². The minimum Gasteiger partial charge on any atom is -0.351 e. The number of aryl methyl sites for hydroxylation is 1. The molecule has 3 aromatic rings. The molecule has 158 valence electrons. The fourth-order valence-electron chi connectivity index (χ4n) is 2.37. The van der Waals surface area contributed by atoms with E-state index in [0.29, 0.717) is 5.69 Å². The molecule has 0 unspecified atom stereocenters. The molecule has 0 atom stereocenters. The van der Waals surface area contributed by atoms with Crippen molar-refractivity contribution in [2.75, 3.05) is 5.32 Å². The van der Waals surface area contributed by atoms with Crippen molar-refractivity contribution < 1.29 is 26.9 Å². The average Bonchev–Trinajstić information content (AvgIpc) is 3.20. The van der Waals surface area contributed by atoms with Crippen LogP contribution in [0.1, 0.15) is 27.5 Å². The quantitative estimate of drug-likeness (QED) is 0.316. The predicted molar refractivity (Wildman–Crippen MR) is 99.2 cm³/mol. The van der Waals surface area contributed by atoms with Gasteiger partial charge in [0.05, 0.1) is 5.69 Å². The largest absolute Gasteiger partial charge is 0.433 e. The van der Waals surface area contributed by atoms with Gasteiger partial charge in [-0.25, -0.2) is 4.39 Å². The number of nitrogens with zero attached hydrogens (tertiary/aromatic N) is 3. The van der Waals surface area contributed by atoms with E-state index in [1.807, 2.05) is 5.10 Å². The molecule has 3 N–H and O–H groups in total. The van der Waals surface area contributed by atoms with Crippen LogP contribution < -0.4 is 10.6 Å². The molecule has 1 amide bonds. The summed E-state index contributed by atoms with van der Waals surface area (Å²) in [4.78, 5) is 16.3. The van der Waals surface area contributed by atoms with Crippen LogP contribution in [0.5, 0.6) is 0 Å². The Morgan fingerprint density at radius 2 is 1.97 bits per heavy atom. The third-order valence-corrected chi connectivity index (χ3v) is 3.91. The number of rotatable bonds is 3. The monoisotopic (exact) mass is 444 g/mol. The number of hydrogen-bond donors (Lipinski definition) is 3. The number of benzene rings is 1. The second kappa shape index (κ2) is 8.14. The first-order valence-electron chi connectivity index (χ1n) is 8.21. The molecular formula is C17H13ClF4N6O2. The standard InChI is InChI=1S/C17H13ClF4N6O2/c1-7-3-12(30-28-7)15(29)25-16(23-11-5-9(18)4-10(19)6-11)24-14-8(2)13(26-27-14)17(20,21)22/h3-6H,1-2H3,(H3,23,24,25,26,27,29). The molecule has 0 radical (unpaired) electrons. The van der Waals surface area contributed by atoms with Crippen LogP contribution in [0.25, 0.3) is 0 Å². The maximum Gasteiger partial charge on any atom is 0.433 e. The van der Waals surface area contributed by atoms with Crippen LogP contribution in [0.4, 0.5) is 29.1 Å². The van der Waals surface area contributed by atoms with Gasteiger partial charge in [0.25, 0.3) is 5.91 Å². The minimum absolute atomic E-state index is 0.0457. The fourth-order valence-corrected chi connectivity index (χ4v) is 2.59. The number of aliphatic imine (C=N–C) groups is 1. The molecule has 1 aromatic carbocycles. The van der Waals surface area contributed by atoms with Gasteiger partial charge < -0.3 is 9.84 Å². The van der Waals surface area contributed by atoms with Crippen LogP contribution in [0.2, 0.25) is 5.02 Å². The predicted octanol–water partition coefficient (Wildman–Crippen LogP) is 4.36. The second-order valence-electron chi connectivity index (χ2n) is 6.08. The number of guanidine groups is 1. The van der Waals surface area contributed by atoms with Gasteiger partial charge in [-0.05, 0) is 32.0 Å². The zero-order valence-corrected chi connectivity index (χ0v) is 16.1. The first-order chi connectivity index (χ1) is 14.0. The Morgan fingerprint density at radius 3 is 2.53 bits per heavy atom. The molecule has 8 nitrogen and oxygen atoms in total. The fraction of sp³-hybridized carbons (Fsp3) is 0.176. The van der Waals surface area contributed by atoms with E-state index in [4.69, 9.17) is 16.1 Å². The summed E-state index contributed by atoms with van der Waals surface area (Å²) >= 11 is 5.80. The summed E-state index contributed by atoms with van der Waals surface area (Å²) in [6, 6.07) is 4.76. The minimum atomic E-state index is -4.67. The van der Waals surface area contributed by atoms with Gasteiger partial charge in [0.2, 0.25) is 11.7 Å². The topological polar surface area (TPSA) is 108 Å². The highest BCUT2D eigenvalue weighted by Gasteiger charge is 2.36. The third kappa shape index (κ3) is 4.95. The number of amides is 1. The van der Waals surface area contributed by atoms with Crippen molar-refractivity contribution in [3.05, 3.63) is 57.8 Å². The lowest BCUT2D eigenvalue weighted by Gasteiger charge is -2.11. The SMILES string of the molecule is Cc1cc(C(=O)NC(=Nc2n[nH]c(C(F)(F)F)c2C)Nc2cc(F)cc(Cl)c2)on1. The molecule has 30 heavy (non-hydrogen) atoms. The zero-order valence-electron chi connectivity index (χ0n) is 15.4. The lowest BCUT2D eigenvalue weighted by molar-refractivity contribution is -0.141. The highest BCUT2D eigenvalue weighted by atomic mass is 35.5. The van der Waals surface area contributed by atoms with Gasteiger partial charge in [-0.15, -0.1) is 0 Å². The number of carbonyl (C=O) groups is 1. The molecule has 3 rings (SSSR count). The van der Waals surface area contributed by atoms with Crippen molar-refractivity contribution >= 4 is 35.0 Å². The van der Waals surface area contributed by atoms with E-state index in [1.54, 1.807) is 6.92 Å². The number of aromatic amines is 1. The van der Waals surface area contributed by atoms with Gasteiger partial charge in [-0.3, -0.25) is 15.2 Å². The van der Waals surface area contributed by atoms with Crippen molar-refractivity contribution in [2.45, 2.75) is 20.0 Å². The maximum absolute atomic E-state index is 13.6. The van der Waals surface area contributed by atoms with Gasteiger partial charge in [0.1, 0.15) is 11.5 Å². The highest BCUT2D eigenvalue weighted by molar-refractivity contribution is 6.31. The zero-order chi connectivity index (χ0) is 22.1. The Bertz CT molecular complexity index is 1100. The molecular weight excluding hydrogens is 432 g/mol. The third-order valence-electron chi connectivity index (χ3n) is 3.69. The number of hydrogen-bond acceptors (Lipinski definition) is 5. The molecule has 0 aliphatic carbocycles. The molecule has 2 aromatic heterocycles. The van der Waals surface area contributed by atoms with E-state index in [9.17, 15) is 22.4 Å². The molecule has 0 saturated heterocycles. The molecule has 2 heterocycles. The van der Waals surface area contributed by atoms with E-state index in [2.05, 4.69) is 25.9 Å². The maximum atomic E-state index is 13.6. The van der Waals surface area contributed by atoms with Crippen LogP contribution in [0.15, 0.2) is 33.8 Å². The van der Waals surface area contributed by atoms with Gasteiger partial charge in [0, 0.05) is 22.3 Å². The Balaban J connectivity index is 1.97. The summed E-state index contributed by atoms with van der Waals surface area (Å²) in [6.45, 7) is 2.75. The van der Waals surface area contributed by atoms with Gasteiger partial charge in [0.15, 0.2) is 5.82 Å². The molecule has 0 fully saturated rings. The van der Waals surface area contributed by atoms with Gasteiger partial charge >= 0.3 is 6.18 Å². The molecule has 0 bridgehead atoms. The van der Waals surface area contributed by atoms with E-state index in [1.165, 1.54) is 12.1 Å². The first kappa shape index (κ1) is 21.3. The number of H-pyrrole nitrogens is 1. The Morgan fingerprint density at radius 1 is 1.23 bits per heavy atom. The number of nitrogens with one attached hydrogen (secondary N) is 3. The van der Waals surface area contributed by atoms with Gasteiger partial charge in [-0.2, -0.15) is 23.3 Å². The number of aromatic nitrogens is 3. The molecule has 0 spiro atoms. The van der Waals surface area contributed by atoms with Gasteiger partial charge in [-0.1, -0.05) is 16.8 Å². The van der Waals surface area contributed by atoms with Crippen molar-refractivity contribution in [3.63, 3.8) is 0 Å². The smallest absolute Gasteiger partial charge is 0.351 e. The number of alkyl halides is 3. The molecule has 13 heteroatoms. The summed E-state index contributed by atoms with van der Waals surface area (Å²) < 4.78 is 57.4. The van der Waals surface area contributed by atoms with Crippen molar-refractivity contribution in [1.29, 1.82) is 0 Å². The lowest BCUT2D eigenvalue weighted by Crippen LogP contribution is -2.35. The number of carbonyl (C=O) groups excluding carboxylic acids is 1. The van der Waals surface area contributed by atoms with E-state index in [-0.39, 0.29) is 33.8 Å². The Labute approximate surface area is 171 Å². The summed E-state index contributed by atoms with van der Waals surface area (Å²) in [5.74, 6) is -2.35. The first-order valence-corrected chi connectivity index (χ1v) is 8.59. The van der Waals surface area contributed by atoms with E-state index < -0.39 is 23.6 Å². The lowest BCUT2D eigenvalue weighted by atomic mass is 10.2. The average molecular weight is 445 g/mol. The summed E-state index contributed by atoms with van der Waals surface area (Å²) in [6.07, 6.45) is -4.67. The van der Waals surface area contributed by atoms with E-state index >= 15 is 0 Å². The summed E-state index contributed by atoms with van der Waals surface area (Å²) in [5.41, 5.74) is -0.881. The highest BCUT2D eigenvalue weighted by Crippen LogP contribution is 2.33. The van der Waals surface area contributed by atoms with Crippen LogP contribution in [-0.4, -0.2) is 27.2 Å². The summed E-state index contributed by atoms with van der Waals surface area (Å²) in [7, 11) is 0. The normalized spacial score (nSPS) is 12.2. The number of halogens is 5. The molecule has 0 saturated carbocycles. The van der Waals surface area contributed by atoms with Crippen molar-refractivity contribution in [1.82, 2.24) is 20.7 Å². The number of anilines is 1. The Hall–Kier alpha value is -3.41. The molecule has 0 aliphatic rings. The summed E-state index contributed by atoms with van der Waals surface area (Å²) in [5, 5.41) is 13.9. The van der Waals surface area contributed by atoms with Crippen LogP contribution >= 0.6 is 11.6 Å². The van der Waals surface area contributed by atoms with Crippen molar-refractivity contribution in [3.8, 4) is 0 Å². The van der Waals surface area contributed by atoms with Crippen molar-refractivity contribution in [2.24, 2.45) is 4.99 Å². The second-order valence-corrected chi connectivity index (χ2v) is 6.51. The Kier molecular flexibility index (Phi) is 5.78.